The third-order valence-corrected chi connectivity index (χ3v) is 3.95. The zero-order chi connectivity index (χ0) is 14.1. The quantitative estimate of drug-likeness (QED) is 0.886. The summed E-state index contributed by atoms with van der Waals surface area (Å²) in [7, 11) is 0. The summed E-state index contributed by atoms with van der Waals surface area (Å²) in [5, 5.41) is 6.45. The highest BCUT2D eigenvalue weighted by molar-refractivity contribution is 5.43. The van der Waals surface area contributed by atoms with Gasteiger partial charge < -0.3 is 9.47 Å². The average Bonchev–Trinajstić information content (AvgIpc) is 2.55. The zero-order valence-electron chi connectivity index (χ0n) is 11.8. The average molecular weight is 282 g/mol. The second kappa shape index (κ2) is 5.39. The Labute approximate surface area is 124 Å². The third-order valence-electron chi connectivity index (χ3n) is 3.95. The van der Waals surface area contributed by atoms with Crippen LogP contribution in [-0.4, -0.2) is 13.5 Å². The normalized spacial score (nSPS) is 16.4. The number of rotatable bonds is 2. The Morgan fingerprint density at radius 3 is 1.81 bits per heavy atom. The van der Waals surface area contributed by atoms with Crippen LogP contribution in [-0.2, 0) is 19.5 Å². The number of nitrogens with one attached hydrogen (secondary N) is 2. The highest BCUT2D eigenvalue weighted by Gasteiger charge is 2.12. The molecule has 21 heavy (non-hydrogen) atoms. The summed E-state index contributed by atoms with van der Waals surface area (Å²) in [5.41, 5.74) is 5.10. The van der Waals surface area contributed by atoms with Crippen molar-refractivity contribution in [1.82, 2.24) is 10.6 Å². The second-order valence-electron chi connectivity index (χ2n) is 5.49. The SMILES string of the molecule is c1cc2c(cc1Cc1ccc3c(c1)CNCO3)CNCO2. The molecule has 0 unspecified atom stereocenters. The summed E-state index contributed by atoms with van der Waals surface area (Å²) >= 11 is 0. The van der Waals surface area contributed by atoms with Crippen LogP contribution in [0.15, 0.2) is 36.4 Å². The lowest BCUT2D eigenvalue weighted by molar-refractivity contribution is 0.257. The minimum absolute atomic E-state index is 0.601. The fraction of sp³-hybridized carbons (Fsp3) is 0.294. The van der Waals surface area contributed by atoms with Gasteiger partial charge in [-0.1, -0.05) is 24.3 Å². The van der Waals surface area contributed by atoms with Gasteiger partial charge in [0.25, 0.3) is 0 Å². The monoisotopic (exact) mass is 282 g/mol. The maximum atomic E-state index is 5.57. The molecule has 2 aromatic carbocycles. The summed E-state index contributed by atoms with van der Waals surface area (Å²) in [5.74, 6) is 2.00. The molecule has 0 bridgehead atoms. The number of hydrogen-bond acceptors (Lipinski definition) is 4. The number of benzene rings is 2. The van der Waals surface area contributed by atoms with Gasteiger partial charge in [-0.2, -0.15) is 0 Å². The molecule has 0 aliphatic carbocycles. The molecule has 4 heteroatoms. The predicted molar refractivity (Wildman–Crippen MR) is 80.4 cm³/mol. The molecule has 0 radical (unpaired) electrons. The van der Waals surface area contributed by atoms with Crippen LogP contribution < -0.4 is 20.1 Å². The highest BCUT2D eigenvalue weighted by Crippen LogP contribution is 2.26. The van der Waals surface area contributed by atoms with Crippen LogP contribution in [0.5, 0.6) is 11.5 Å². The molecule has 0 saturated heterocycles. The van der Waals surface area contributed by atoms with E-state index in [1.54, 1.807) is 0 Å². The molecule has 0 aromatic heterocycles. The summed E-state index contributed by atoms with van der Waals surface area (Å²) in [6.07, 6.45) is 0.931. The van der Waals surface area contributed by atoms with E-state index in [1.165, 1.54) is 22.3 Å². The smallest absolute Gasteiger partial charge is 0.139 e. The van der Waals surface area contributed by atoms with Crippen LogP contribution >= 0.6 is 0 Å². The van der Waals surface area contributed by atoms with Crippen molar-refractivity contribution < 1.29 is 9.47 Å². The first-order valence-corrected chi connectivity index (χ1v) is 7.29. The number of fused-ring (bicyclic) bond motifs is 2. The minimum atomic E-state index is 0.601. The molecular formula is C17H18N2O2. The van der Waals surface area contributed by atoms with Crippen LogP contribution in [0, 0.1) is 0 Å². The van der Waals surface area contributed by atoms with Crippen molar-refractivity contribution in [3.63, 3.8) is 0 Å². The van der Waals surface area contributed by atoms with Crippen molar-refractivity contribution in [2.24, 2.45) is 0 Å². The predicted octanol–water partition coefficient (Wildman–Crippen LogP) is 2.16. The largest absolute Gasteiger partial charge is 0.478 e. The van der Waals surface area contributed by atoms with Crippen LogP contribution in [0.25, 0.3) is 0 Å². The van der Waals surface area contributed by atoms with Gasteiger partial charge in [0, 0.05) is 24.2 Å². The molecule has 2 aliphatic heterocycles. The van der Waals surface area contributed by atoms with E-state index in [0.717, 1.165) is 31.0 Å². The van der Waals surface area contributed by atoms with E-state index in [9.17, 15) is 0 Å². The molecular weight excluding hydrogens is 264 g/mol. The Morgan fingerprint density at radius 2 is 1.29 bits per heavy atom. The number of hydrogen-bond donors (Lipinski definition) is 2. The van der Waals surface area contributed by atoms with Crippen molar-refractivity contribution >= 4 is 0 Å². The molecule has 2 aliphatic rings. The molecule has 0 atom stereocenters. The molecule has 0 amide bonds. The summed E-state index contributed by atoms with van der Waals surface area (Å²) in [4.78, 5) is 0. The fourth-order valence-electron chi connectivity index (χ4n) is 2.91. The Balaban J connectivity index is 1.58. The second-order valence-corrected chi connectivity index (χ2v) is 5.49. The lowest BCUT2D eigenvalue weighted by Crippen LogP contribution is -2.25. The van der Waals surface area contributed by atoms with E-state index in [1.807, 2.05) is 0 Å². The van der Waals surface area contributed by atoms with Crippen molar-refractivity contribution in [3.05, 3.63) is 58.7 Å². The molecule has 0 spiro atoms. The zero-order valence-corrected chi connectivity index (χ0v) is 11.8. The Morgan fingerprint density at radius 1 is 0.762 bits per heavy atom. The van der Waals surface area contributed by atoms with E-state index < -0.39 is 0 Å². The Kier molecular flexibility index (Phi) is 3.25. The van der Waals surface area contributed by atoms with Gasteiger partial charge in [0.2, 0.25) is 0 Å². The molecule has 4 nitrogen and oxygen atoms in total. The van der Waals surface area contributed by atoms with Gasteiger partial charge in [-0.25, -0.2) is 0 Å². The molecule has 2 N–H and O–H groups in total. The topological polar surface area (TPSA) is 42.5 Å². The van der Waals surface area contributed by atoms with Crippen LogP contribution in [0.2, 0.25) is 0 Å². The molecule has 4 rings (SSSR count). The van der Waals surface area contributed by atoms with Crippen molar-refractivity contribution in [1.29, 1.82) is 0 Å². The third kappa shape index (κ3) is 2.60. The van der Waals surface area contributed by atoms with E-state index in [4.69, 9.17) is 9.47 Å². The van der Waals surface area contributed by atoms with Crippen molar-refractivity contribution in [3.8, 4) is 11.5 Å². The van der Waals surface area contributed by atoms with Gasteiger partial charge in [-0.05, 0) is 29.7 Å². The molecule has 2 aromatic rings. The van der Waals surface area contributed by atoms with Gasteiger partial charge in [-0.3, -0.25) is 10.6 Å². The Hall–Kier alpha value is -2.04. The van der Waals surface area contributed by atoms with E-state index in [-0.39, 0.29) is 0 Å². The van der Waals surface area contributed by atoms with Crippen LogP contribution in [0.4, 0.5) is 0 Å². The standard InChI is InChI=1S/C17H18N2O2/c1-3-16-14(8-18-10-20-16)6-12(1)5-13-2-4-17-15(7-13)9-19-11-21-17/h1-4,6-7,18-19H,5,8-11H2. The van der Waals surface area contributed by atoms with E-state index in [0.29, 0.717) is 13.5 Å². The van der Waals surface area contributed by atoms with E-state index in [2.05, 4.69) is 47.0 Å². The molecule has 0 saturated carbocycles. The highest BCUT2D eigenvalue weighted by atomic mass is 16.5. The minimum Gasteiger partial charge on any atom is -0.478 e. The lowest BCUT2D eigenvalue weighted by atomic mass is 9.99. The van der Waals surface area contributed by atoms with Gasteiger partial charge in [0.15, 0.2) is 0 Å². The van der Waals surface area contributed by atoms with Gasteiger partial charge >= 0.3 is 0 Å². The first kappa shape index (κ1) is 12.7. The maximum Gasteiger partial charge on any atom is 0.139 e. The summed E-state index contributed by atoms with van der Waals surface area (Å²) in [6.45, 7) is 2.96. The Bertz CT molecular complexity index is 612. The molecule has 2 heterocycles. The van der Waals surface area contributed by atoms with Gasteiger partial charge in [0.05, 0.1) is 0 Å². The first-order chi connectivity index (χ1) is 10.4. The maximum absolute atomic E-state index is 5.57. The van der Waals surface area contributed by atoms with Crippen molar-refractivity contribution in [2.75, 3.05) is 13.5 Å². The van der Waals surface area contributed by atoms with Crippen LogP contribution in [0.1, 0.15) is 22.3 Å². The summed E-state index contributed by atoms with van der Waals surface area (Å²) in [6, 6.07) is 12.9. The number of ether oxygens (including phenoxy) is 2. The first-order valence-electron chi connectivity index (χ1n) is 7.29. The fourth-order valence-corrected chi connectivity index (χ4v) is 2.91. The van der Waals surface area contributed by atoms with Gasteiger partial charge in [-0.15, -0.1) is 0 Å². The molecule has 108 valence electrons. The summed E-state index contributed by atoms with van der Waals surface area (Å²) < 4.78 is 11.1. The van der Waals surface area contributed by atoms with Crippen LogP contribution in [0.3, 0.4) is 0 Å². The molecule has 0 fully saturated rings. The van der Waals surface area contributed by atoms with Crippen molar-refractivity contribution in [2.45, 2.75) is 19.5 Å². The van der Waals surface area contributed by atoms with Gasteiger partial charge in [0.1, 0.15) is 25.0 Å². The van der Waals surface area contributed by atoms with E-state index >= 15 is 0 Å². The lowest BCUT2D eigenvalue weighted by Gasteiger charge is -2.20.